The number of hydrogen-bond donors (Lipinski definition) is 1. The van der Waals surface area contributed by atoms with Gasteiger partial charge in [-0.1, -0.05) is 61.2 Å². The second-order valence-electron chi connectivity index (χ2n) is 7.57. The summed E-state index contributed by atoms with van der Waals surface area (Å²) in [7, 11) is 0. The molecule has 2 aromatic carbocycles. The molecule has 3 rings (SSSR count). The summed E-state index contributed by atoms with van der Waals surface area (Å²) in [5.74, 6) is -1.08. The van der Waals surface area contributed by atoms with E-state index in [-0.39, 0.29) is 17.2 Å². The van der Waals surface area contributed by atoms with Gasteiger partial charge >= 0.3 is 0 Å². The first kappa shape index (κ1) is 23.4. The van der Waals surface area contributed by atoms with E-state index in [2.05, 4.69) is 11.6 Å². The summed E-state index contributed by atoms with van der Waals surface area (Å²) < 4.78 is 34.7. The number of aliphatic hydroxyl groups excluding tert-OH is 1. The van der Waals surface area contributed by atoms with E-state index in [0.29, 0.717) is 30.8 Å². The van der Waals surface area contributed by atoms with Crippen molar-refractivity contribution in [3.05, 3.63) is 90.7 Å². The molecular formula is C27H27F2NO2. The summed E-state index contributed by atoms with van der Waals surface area (Å²) in [6.45, 7) is 5.75. The molecule has 1 N–H and O–H groups in total. The Kier molecular flexibility index (Phi) is 8.28. The van der Waals surface area contributed by atoms with Crippen LogP contribution in [0.5, 0.6) is 5.75 Å². The van der Waals surface area contributed by atoms with Crippen molar-refractivity contribution in [1.29, 1.82) is 0 Å². The van der Waals surface area contributed by atoms with Gasteiger partial charge in [0.1, 0.15) is 12.4 Å². The quantitative estimate of drug-likeness (QED) is 0.281. The summed E-state index contributed by atoms with van der Waals surface area (Å²) in [4.78, 5) is 4.38. The highest BCUT2D eigenvalue weighted by atomic mass is 19.2. The smallest absolute Gasteiger partial charge is 0.167 e. The standard InChI is InChI=1S/C27H27F2NO2/c1-3-17-32-23-14-16-25(30-18-23)21-11-9-20(10-12-21)24-15-13-22(26(28)27(24)29)8-6-4-5-7-19(2)31/h3,6,8-16,18-19,31H,1,4-5,7,17H2,2H3/b8-6+. The van der Waals surface area contributed by atoms with Crippen molar-refractivity contribution in [2.24, 2.45) is 0 Å². The second kappa shape index (κ2) is 11.3. The number of aromatic nitrogens is 1. The molecule has 1 unspecified atom stereocenters. The lowest BCUT2D eigenvalue weighted by Gasteiger charge is -2.09. The van der Waals surface area contributed by atoms with Gasteiger partial charge in [0.2, 0.25) is 0 Å². The van der Waals surface area contributed by atoms with E-state index in [1.807, 2.05) is 24.3 Å². The van der Waals surface area contributed by atoms with Crippen molar-refractivity contribution in [3.63, 3.8) is 0 Å². The number of aliphatic hydroxyl groups is 1. The van der Waals surface area contributed by atoms with E-state index in [1.54, 1.807) is 55.6 Å². The molecule has 0 saturated carbocycles. The third-order valence-electron chi connectivity index (χ3n) is 5.00. The third kappa shape index (κ3) is 6.11. The average Bonchev–Trinajstić information content (AvgIpc) is 2.80. The zero-order chi connectivity index (χ0) is 22.9. The van der Waals surface area contributed by atoms with Gasteiger partial charge in [0.05, 0.1) is 18.0 Å². The van der Waals surface area contributed by atoms with E-state index in [4.69, 9.17) is 4.74 Å². The maximum absolute atomic E-state index is 14.7. The summed E-state index contributed by atoms with van der Waals surface area (Å²) in [5, 5.41) is 9.26. The predicted molar refractivity (Wildman–Crippen MR) is 125 cm³/mol. The van der Waals surface area contributed by atoms with Gasteiger partial charge in [-0.15, -0.1) is 0 Å². The molecule has 0 fully saturated rings. The van der Waals surface area contributed by atoms with Crippen molar-refractivity contribution < 1.29 is 18.6 Å². The zero-order valence-electron chi connectivity index (χ0n) is 18.1. The first-order valence-corrected chi connectivity index (χ1v) is 10.6. The highest BCUT2D eigenvalue weighted by Gasteiger charge is 2.13. The van der Waals surface area contributed by atoms with Gasteiger partial charge in [0.25, 0.3) is 0 Å². The normalized spacial score (nSPS) is 12.1. The minimum Gasteiger partial charge on any atom is -0.488 e. The molecule has 1 heterocycles. The Morgan fingerprint density at radius 3 is 2.44 bits per heavy atom. The maximum atomic E-state index is 14.7. The zero-order valence-corrected chi connectivity index (χ0v) is 18.1. The molecule has 0 bridgehead atoms. The van der Waals surface area contributed by atoms with E-state index < -0.39 is 11.6 Å². The van der Waals surface area contributed by atoms with Crippen LogP contribution in [0.1, 0.15) is 31.7 Å². The molecule has 5 heteroatoms. The van der Waals surface area contributed by atoms with Gasteiger partial charge in [-0.05, 0) is 43.9 Å². The fourth-order valence-corrected chi connectivity index (χ4v) is 3.27. The molecule has 3 aromatic rings. The molecule has 0 saturated heterocycles. The second-order valence-corrected chi connectivity index (χ2v) is 7.57. The van der Waals surface area contributed by atoms with Crippen molar-refractivity contribution in [2.75, 3.05) is 6.61 Å². The molecule has 1 aromatic heterocycles. The number of unbranched alkanes of at least 4 members (excludes halogenated alkanes) is 1. The van der Waals surface area contributed by atoms with Crippen molar-refractivity contribution in [1.82, 2.24) is 4.98 Å². The Bertz CT molecular complexity index is 1060. The molecule has 0 aliphatic heterocycles. The summed E-state index contributed by atoms with van der Waals surface area (Å²) in [6, 6.07) is 14.0. The predicted octanol–water partition coefficient (Wildman–Crippen LogP) is 6.82. The van der Waals surface area contributed by atoms with Crippen molar-refractivity contribution in [2.45, 2.75) is 32.3 Å². The Morgan fingerprint density at radius 2 is 1.78 bits per heavy atom. The van der Waals surface area contributed by atoms with Crippen LogP contribution < -0.4 is 4.74 Å². The lowest BCUT2D eigenvalue weighted by atomic mass is 10.00. The number of halogens is 2. The Balaban J connectivity index is 1.72. The Labute approximate surface area is 187 Å². The van der Waals surface area contributed by atoms with Gasteiger partial charge in [0.15, 0.2) is 11.6 Å². The largest absolute Gasteiger partial charge is 0.488 e. The van der Waals surface area contributed by atoms with Crippen LogP contribution in [0.15, 0.2) is 73.5 Å². The molecule has 1 atom stereocenters. The summed E-state index contributed by atoms with van der Waals surface area (Å²) in [5.41, 5.74) is 2.62. The number of allylic oxidation sites excluding steroid dienone is 1. The van der Waals surface area contributed by atoms with Crippen LogP contribution in [0.4, 0.5) is 8.78 Å². The SMILES string of the molecule is C=CCOc1ccc(-c2ccc(-c3ccc(/C=C/CCCC(C)O)c(F)c3F)cc2)nc1. The molecule has 32 heavy (non-hydrogen) atoms. The molecule has 0 amide bonds. The highest BCUT2D eigenvalue weighted by molar-refractivity contribution is 5.70. The third-order valence-corrected chi connectivity index (χ3v) is 5.00. The molecule has 0 aliphatic carbocycles. The van der Waals surface area contributed by atoms with Crippen LogP contribution in [0.25, 0.3) is 28.5 Å². The van der Waals surface area contributed by atoms with E-state index in [9.17, 15) is 13.9 Å². The first-order valence-electron chi connectivity index (χ1n) is 10.6. The average molecular weight is 436 g/mol. The van der Waals surface area contributed by atoms with Gasteiger partial charge in [0, 0.05) is 16.7 Å². The fourth-order valence-electron chi connectivity index (χ4n) is 3.27. The first-order chi connectivity index (χ1) is 15.5. The molecule has 3 nitrogen and oxygen atoms in total. The van der Waals surface area contributed by atoms with Crippen LogP contribution in [0.3, 0.4) is 0 Å². The van der Waals surface area contributed by atoms with Crippen LogP contribution in [0.2, 0.25) is 0 Å². The molecule has 166 valence electrons. The molecule has 0 aliphatic rings. The monoisotopic (exact) mass is 435 g/mol. The lowest BCUT2D eigenvalue weighted by molar-refractivity contribution is 0.182. The van der Waals surface area contributed by atoms with Crippen LogP contribution in [-0.4, -0.2) is 22.8 Å². The topological polar surface area (TPSA) is 42.4 Å². The summed E-state index contributed by atoms with van der Waals surface area (Å²) in [6.07, 6.45) is 8.51. The number of benzene rings is 2. The van der Waals surface area contributed by atoms with Gasteiger partial charge in [-0.2, -0.15) is 0 Å². The molecule has 0 spiro atoms. The van der Waals surface area contributed by atoms with Gasteiger partial charge in [-0.25, -0.2) is 8.78 Å². The van der Waals surface area contributed by atoms with Crippen LogP contribution >= 0.6 is 0 Å². The molecule has 0 radical (unpaired) electrons. The number of rotatable bonds is 10. The number of hydrogen-bond acceptors (Lipinski definition) is 3. The number of pyridine rings is 1. The highest BCUT2D eigenvalue weighted by Crippen LogP contribution is 2.29. The molecular weight excluding hydrogens is 408 g/mol. The van der Waals surface area contributed by atoms with E-state index in [0.717, 1.165) is 17.7 Å². The lowest BCUT2D eigenvalue weighted by Crippen LogP contribution is -1.97. The van der Waals surface area contributed by atoms with Crippen molar-refractivity contribution in [3.8, 4) is 28.1 Å². The van der Waals surface area contributed by atoms with Gasteiger partial charge < -0.3 is 9.84 Å². The van der Waals surface area contributed by atoms with Gasteiger partial charge in [-0.3, -0.25) is 4.98 Å². The van der Waals surface area contributed by atoms with E-state index >= 15 is 0 Å². The van der Waals surface area contributed by atoms with Crippen LogP contribution in [0, 0.1) is 11.6 Å². The van der Waals surface area contributed by atoms with Crippen molar-refractivity contribution >= 4 is 6.08 Å². The summed E-state index contributed by atoms with van der Waals surface area (Å²) >= 11 is 0. The number of nitrogens with zero attached hydrogens (tertiary/aromatic N) is 1. The fraction of sp³-hybridized carbons (Fsp3) is 0.222. The Morgan fingerprint density at radius 1 is 1.03 bits per heavy atom. The number of ether oxygens (including phenoxy) is 1. The maximum Gasteiger partial charge on any atom is 0.167 e. The minimum absolute atomic E-state index is 0.210. The van der Waals surface area contributed by atoms with E-state index in [1.165, 1.54) is 0 Å². The minimum atomic E-state index is -0.870. The van der Waals surface area contributed by atoms with Crippen LogP contribution in [-0.2, 0) is 0 Å². The Hall–Kier alpha value is -3.31.